The van der Waals surface area contributed by atoms with Gasteiger partial charge >= 0.3 is 0 Å². The van der Waals surface area contributed by atoms with Gasteiger partial charge in [0.2, 0.25) is 11.8 Å². The second-order valence-corrected chi connectivity index (χ2v) is 8.33. The van der Waals surface area contributed by atoms with Crippen molar-refractivity contribution >= 4 is 23.2 Å². The zero-order valence-corrected chi connectivity index (χ0v) is 19.5. The molecule has 0 spiro atoms. The number of rotatable bonds is 9. The quantitative estimate of drug-likeness (QED) is 0.595. The third kappa shape index (κ3) is 6.04. The van der Waals surface area contributed by atoms with Crippen LogP contribution in [0.1, 0.15) is 26.5 Å². The molecule has 1 aromatic carbocycles. The highest BCUT2D eigenvalue weighted by Gasteiger charge is 2.24. The average molecular weight is 445 g/mol. The molecule has 0 bridgehead atoms. The van der Waals surface area contributed by atoms with Gasteiger partial charge in [-0.2, -0.15) is 0 Å². The Morgan fingerprint density at radius 2 is 1.81 bits per heavy atom. The number of amides is 2. The lowest BCUT2D eigenvalue weighted by molar-refractivity contribution is -0.134. The molecular formula is C23H32N4O3S. The maximum Gasteiger partial charge on any atom is 0.236 e. The van der Waals surface area contributed by atoms with E-state index < -0.39 is 0 Å². The Morgan fingerprint density at radius 1 is 1.10 bits per heavy atom. The van der Waals surface area contributed by atoms with E-state index in [1.54, 1.807) is 0 Å². The van der Waals surface area contributed by atoms with Crippen LogP contribution in [0.4, 0.5) is 0 Å². The number of piperazine rings is 1. The number of para-hydroxylation sites is 1. The zero-order chi connectivity index (χ0) is 22.2. The van der Waals surface area contributed by atoms with Gasteiger partial charge in [-0.05, 0) is 32.9 Å². The van der Waals surface area contributed by atoms with E-state index >= 15 is 0 Å². The summed E-state index contributed by atoms with van der Waals surface area (Å²) in [4.78, 5) is 35.6. The van der Waals surface area contributed by atoms with E-state index in [9.17, 15) is 9.59 Å². The maximum atomic E-state index is 12.8. The van der Waals surface area contributed by atoms with Gasteiger partial charge in [0, 0.05) is 44.6 Å². The first-order chi connectivity index (χ1) is 15.0. The molecule has 1 aromatic heterocycles. The topological polar surface area (TPSA) is 66.0 Å². The predicted octanol–water partition coefficient (Wildman–Crippen LogP) is 2.76. The first kappa shape index (κ1) is 23.2. The third-order valence-electron chi connectivity index (χ3n) is 5.50. The predicted molar refractivity (Wildman–Crippen MR) is 123 cm³/mol. The summed E-state index contributed by atoms with van der Waals surface area (Å²) in [6, 6.07) is 7.85. The summed E-state index contributed by atoms with van der Waals surface area (Å²) in [7, 11) is 0. The monoisotopic (exact) mass is 444 g/mol. The normalized spacial score (nSPS) is 14.5. The van der Waals surface area contributed by atoms with Crippen LogP contribution in [-0.4, -0.2) is 83.9 Å². The fourth-order valence-electron chi connectivity index (χ4n) is 3.73. The van der Waals surface area contributed by atoms with Gasteiger partial charge in [-0.3, -0.25) is 14.5 Å². The van der Waals surface area contributed by atoms with E-state index in [0.717, 1.165) is 48.2 Å². The second-order valence-electron chi connectivity index (χ2n) is 7.47. The van der Waals surface area contributed by atoms with Crippen LogP contribution in [0.25, 0.3) is 10.6 Å². The van der Waals surface area contributed by atoms with Crippen LogP contribution < -0.4 is 4.74 Å². The molecule has 31 heavy (non-hydrogen) atoms. The number of carbonyl (C=O) groups is 2. The number of likely N-dealkylation sites (N-methyl/N-ethyl adjacent to an activating group) is 1. The van der Waals surface area contributed by atoms with Gasteiger partial charge in [0.25, 0.3) is 0 Å². The molecule has 2 heterocycles. The largest absolute Gasteiger partial charge is 0.493 e. The Labute approximate surface area is 188 Å². The van der Waals surface area contributed by atoms with Gasteiger partial charge < -0.3 is 14.5 Å². The minimum atomic E-state index is 0.0877. The van der Waals surface area contributed by atoms with Crippen LogP contribution in [-0.2, 0) is 16.0 Å². The van der Waals surface area contributed by atoms with E-state index in [-0.39, 0.29) is 11.8 Å². The molecule has 1 aliphatic rings. The van der Waals surface area contributed by atoms with Crippen LogP contribution >= 0.6 is 11.3 Å². The number of hydrogen-bond acceptors (Lipinski definition) is 6. The summed E-state index contributed by atoms with van der Waals surface area (Å²) in [5.74, 6) is 1.06. The number of aromatic nitrogens is 1. The molecule has 1 saturated heterocycles. The van der Waals surface area contributed by atoms with E-state index in [4.69, 9.17) is 4.74 Å². The van der Waals surface area contributed by atoms with Gasteiger partial charge in [0.05, 0.1) is 30.8 Å². The Bertz CT molecular complexity index is 873. The number of hydrogen-bond donors (Lipinski definition) is 0. The van der Waals surface area contributed by atoms with Gasteiger partial charge in [-0.15, -0.1) is 11.3 Å². The molecule has 8 heteroatoms. The Kier molecular flexibility index (Phi) is 8.43. The van der Waals surface area contributed by atoms with E-state index in [1.807, 2.05) is 60.2 Å². The standard InChI is InChI=1S/C23H32N4O3S/c1-4-26(5-2)22(29)16-25-11-13-27(14-12-25)21(28)15-18-17-31-23(24-18)19-9-7-8-10-20(19)30-6-3/h7-10,17H,4-6,11-16H2,1-3H3. The van der Waals surface area contributed by atoms with Gasteiger partial charge in [-0.25, -0.2) is 4.98 Å². The Hall–Kier alpha value is -2.45. The average Bonchev–Trinajstić information content (AvgIpc) is 3.24. The first-order valence-electron chi connectivity index (χ1n) is 11.0. The van der Waals surface area contributed by atoms with E-state index in [0.29, 0.717) is 32.7 Å². The number of nitrogens with zero attached hydrogens (tertiary/aromatic N) is 4. The summed E-state index contributed by atoms with van der Waals surface area (Å²) in [5, 5.41) is 2.82. The van der Waals surface area contributed by atoms with Crippen LogP contribution in [0.2, 0.25) is 0 Å². The molecule has 0 atom stereocenters. The van der Waals surface area contributed by atoms with Gasteiger partial charge in [0.15, 0.2) is 0 Å². The lowest BCUT2D eigenvalue weighted by atomic mass is 10.2. The van der Waals surface area contributed by atoms with Crippen molar-refractivity contribution in [3.63, 3.8) is 0 Å². The minimum absolute atomic E-state index is 0.0877. The molecule has 7 nitrogen and oxygen atoms in total. The minimum Gasteiger partial charge on any atom is -0.493 e. The molecular weight excluding hydrogens is 412 g/mol. The highest BCUT2D eigenvalue weighted by atomic mass is 32.1. The first-order valence-corrected chi connectivity index (χ1v) is 11.9. The Morgan fingerprint density at radius 3 is 2.48 bits per heavy atom. The highest BCUT2D eigenvalue weighted by Crippen LogP contribution is 2.32. The lowest BCUT2D eigenvalue weighted by Crippen LogP contribution is -2.51. The summed E-state index contributed by atoms with van der Waals surface area (Å²) in [6.07, 6.45) is 0.297. The molecule has 0 radical (unpaired) electrons. The molecule has 2 aromatic rings. The van der Waals surface area contributed by atoms with Gasteiger partial charge in [-0.1, -0.05) is 12.1 Å². The molecule has 0 aliphatic carbocycles. The van der Waals surface area contributed by atoms with Crippen molar-refractivity contribution in [3.05, 3.63) is 35.3 Å². The van der Waals surface area contributed by atoms with Crippen molar-refractivity contribution < 1.29 is 14.3 Å². The van der Waals surface area contributed by atoms with E-state index in [2.05, 4.69) is 9.88 Å². The molecule has 1 fully saturated rings. The highest BCUT2D eigenvalue weighted by molar-refractivity contribution is 7.13. The molecule has 2 amide bonds. The van der Waals surface area contributed by atoms with Crippen molar-refractivity contribution in [2.24, 2.45) is 0 Å². The summed E-state index contributed by atoms with van der Waals surface area (Å²) in [5.41, 5.74) is 1.75. The Balaban J connectivity index is 1.53. The van der Waals surface area contributed by atoms with Crippen LogP contribution in [0.3, 0.4) is 0 Å². The number of benzene rings is 1. The summed E-state index contributed by atoms with van der Waals surface area (Å²) in [6.45, 7) is 11.2. The SMILES string of the molecule is CCOc1ccccc1-c1nc(CC(=O)N2CCN(CC(=O)N(CC)CC)CC2)cs1. The fraction of sp³-hybridized carbons (Fsp3) is 0.522. The number of carbonyl (C=O) groups excluding carboxylic acids is 2. The van der Waals surface area contributed by atoms with Crippen LogP contribution in [0.15, 0.2) is 29.6 Å². The molecule has 3 rings (SSSR count). The van der Waals surface area contributed by atoms with Crippen LogP contribution in [0, 0.1) is 0 Å². The second kappa shape index (κ2) is 11.2. The third-order valence-corrected chi connectivity index (χ3v) is 6.43. The lowest BCUT2D eigenvalue weighted by Gasteiger charge is -2.35. The summed E-state index contributed by atoms with van der Waals surface area (Å²) < 4.78 is 5.70. The van der Waals surface area contributed by atoms with Crippen molar-refractivity contribution in [1.82, 2.24) is 19.7 Å². The van der Waals surface area contributed by atoms with Crippen molar-refractivity contribution in [3.8, 4) is 16.3 Å². The van der Waals surface area contributed by atoms with Crippen molar-refractivity contribution in [1.29, 1.82) is 0 Å². The molecule has 1 aliphatic heterocycles. The molecule has 0 saturated carbocycles. The number of thiazole rings is 1. The number of ether oxygens (including phenoxy) is 1. The molecule has 0 N–H and O–H groups in total. The zero-order valence-electron chi connectivity index (χ0n) is 18.7. The fourth-order valence-corrected chi connectivity index (χ4v) is 4.58. The van der Waals surface area contributed by atoms with Crippen molar-refractivity contribution in [2.45, 2.75) is 27.2 Å². The molecule has 0 unspecified atom stereocenters. The smallest absolute Gasteiger partial charge is 0.236 e. The van der Waals surface area contributed by atoms with Crippen molar-refractivity contribution in [2.75, 3.05) is 52.4 Å². The maximum absolute atomic E-state index is 12.8. The van der Waals surface area contributed by atoms with Gasteiger partial charge in [0.1, 0.15) is 10.8 Å². The van der Waals surface area contributed by atoms with Crippen LogP contribution in [0.5, 0.6) is 5.75 Å². The molecule has 168 valence electrons. The van der Waals surface area contributed by atoms with E-state index in [1.165, 1.54) is 11.3 Å². The summed E-state index contributed by atoms with van der Waals surface area (Å²) >= 11 is 1.53.